The Hall–Kier alpha value is -1.61. The van der Waals surface area contributed by atoms with Crippen molar-refractivity contribution in [3.8, 4) is 11.3 Å². The van der Waals surface area contributed by atoms with E-state index >= 15 is 0 Å². The summed E-state index contributed by atoms with van der Waals surface area (Å²) in [5.41, 5.74) is 5.02. The zero-order chi connectivity index (χ0) is 10.8. The normalized spacial score (nSPS) is 15.5. The van der Waals surface area contributed by atoms with Crippen molar-refractivity contribution in [3.63, 3.8) is 0 Å². The second-order valence-corrected chi connectivity index (χ2v) is 4.15. The molecule has 82 valence electrons. The fourth-order valence-electron chi connectivity index (χ4n) is 2.26. The highest BCUT2D eigenvalue weighted by Gasteiger charge is 2.15. The lowest BCUT2D eigenvalue weighted by atomic mass is 10.0. The van der Waals surface area contributed by atoms with Crippen molar-refractivity contribution >= 4 is 0 Å². The molecule has 1 aromatic heterocycles. The summed E-state index contributed by atoms with van der Waals surface area (Å²) in [6.45, 7) is 2.09. The van der Waals surface area contributed by atoms with Crippen LogP contribution in [-0.2, 0) is 12.8 Å². The van der Waals surface area contributed by atoms with E-state index < -0.39 is 0 Å². The lowest BCUT2D eigenvalue weighted by Gasteiger charge is -2.01. The van der Waals surface area contributed by atoms with E-state index in [1.165, 1.54) is 16.8 Å². The number of benzene rings is 1. The molecule has 0 bridgehead atoms. The summed E-state index contributed by atoms with van der Waals surface area (Å²) in [7, 11) is 0. The third-order valence-electron chi connectivity index (χ3n) is 3.10. The number of fused-ring (bicyclic) bond motifs is 1. The van der Waals surface area contributed by atoms with Crippen molar-refractivity contribution in [2.45, 2.75) is 12.8 Å². The summed E-state index contributed by atoms with van der Waals surface area (Å²) in [6.07, 6.45) is 2.12. The van der Waals surface area contributed by atoms with Crippen molar-refractivity contribution < 1.29 is 0 Å². The number of nitrogens with one attached hydrogen (secondary N) is 2. The Morgan fingerprint density at radius 1 is 1.00 bits per heavy atom. The molecule has 16 heavy (non-hydrogen) atoms. The van der Waals surface area contributed by atoms with E-state index in [0.29, 0.717) is 0 Å². The molecule has 0 atom stereocenters. The molecule has 0 saturated heterocycles. The second kappa shape index (κ2) is 4.10. The number of aromatic amines is 1. The van der Waals surface area contributed by atoms with Crippen LogP contribution in [0.1, 0.15) is 11.3 Å². The van der Waals surface area contributed by atoms with Gasteiger partial charge in [0.15, 0.2) is 0 Å². The highest BCUT2D eigenvalue weighted by Crippen LogP contribution is 2.24. The Morgan fingerprint density at radius 3 is 2.69 bits per heavy atom. The minimum absolute atomic E-state index is 1.05. The molecule has 3 rings (SSSR count). The van der Waals surface area contributed by atoms with Crippen LogP contribution in [0.2, 0.25) is 0 Å². The summed E-state index contributed by atoms with van der Waals surface area (Å²) < 4.78 is 0. The second-order valence-electron chi connectivity index (χ2n) is 4.15. The fourth-order valence-corrected chi connectivity index (χ4v) is 2.26. The number of nitrogens with zero attached hydrogens (tertiary/aromatic N) is 1. The average Bonchev–Trinajstić information content (AvgIpc) is 2.60. The number of hydrogen-bond donors (Lipinski definition) is 2. The Morgan fingerprint density at radius 2 is 1.81 bits per heavy atom. The maximum absolute atomic E-state index is 4.46. The van der Waals surface area contributed by atoms with Crippen molar-refractivity contribution in [2.24, 2.45) is 0 Å². The monoisotopic (exact) mass is 213 g/mol. The van der Waals surface area contributed by atoms with Crippen LogP contribution in [0.5, 0.6) is 0 Å². The van der Waals surface area contributed by atoms with E-state index in [2.05, 4.69) is 39.8 Å². The molecule has 0 spiro atoms. The van der Waals surface area contributed by atoms with Gasteiger partial charge in [0.2, 0.25) is 0 Å². The first-order valence-corrected chi connectivity index (χ1v) is 5.77. The van der Waals surface area contributed by atoms with E-state index in [-0.39, 0.29) is 0 Å². The largest absolute Gasteiger partial charge is 0.316 e. The van der Waals surface area contributed by atoms with Crippen LogP contribution in [0, 0.1) is 0 Å². The van der Waals surface area contributed by atoms with Gasteiger partial charge in [0.1, 0.15) is 0 Å². The molecular formula is C13H15N3. The highest BCUT2D eigenvalue weighted by molar-refractivity contribution is 5.64. The van der Waals surface area contributed by atoms with Crippen molar-refractivity contribution in [3.05, 3.63) is 41.6 Å². The Kier molecular flexibility index (Phi) is 2.46. The molecule has 2 aromatic rings. The summed E-state index contributed by atoms with van der Waals surface area (Å²) in [5.74, 6) is 0. The number of hydrogen-bond acceptors (Lipinski definition) is 2. The van der Waals surface area contributed by atoms with E-state index in [1.807, 2.05) is 6.07 Å². The van der Waals surface area contributed by atoms with Crippen molar-refractivity contribution in [1.29, 1.82) is 0 Å². The molecule has 0 saturated carbocycles. The maximum Gasteiger partial charge on any atom is 0.0955 e. The molecule has 2 heterocycles. The maximum atomic E-state index is 4.46. The molecule has 2 N–H and O–H groups in total. The zero-order valence-electron chi connectivity index (χ0n) is 9.16. The van der Waals surface area contributed by atoms with Crippen LogP contribution in [-0.4, -0.2) is 23.3 Å². The van der Waals surface area contributed by atoms with E-state index in [1.54, 1.807) is 0 Å². The Balaban J connectivity index is 2.06. The first-order chi connectivity index (χ1) is 7.95. The molecule has 3 nitrogen and oxygen atoms in total. The molecule has 0 unspecified atom stereocenters. The Labute approximate surface area is 94.9 Å². The first kappa shape index (κ1) is 9.60. The molecule has 1 aliphatic rings. The molecule has 3 heteroatoms. The van der Waals surface area contributed by atoms with Gasteiger partial charge >= 0.3 is 0 Å². The van der Waals surface area contributed by atoms with Gasteiger partial charge in [-0.2, -0.15) is 5.10 Å². The zero-order valence-corrected chi connectivity index (χ0v) is 9.16. The SMILES string of the molecule is c1ccc(-c2n[nH]c3c2CCNCC3)cc1. The van der Waals surface area contributed by atoms with Crippen molar-refractivity contribution in [2.75, 3.05) is 13.1 Å². The molecular weight excluding hydrogens is 198 g/mol. The van der Waals surface area contributed by atoms with Crippen molar-refractivity contribution in [1.82, 2.24) is 15.5 Å². The van der Waals surface area contributed by atoms with Gasteiger partial charge < -0.3 is 5.32 Å². The molecule has 1 aliphatic heterocycles. The Bertz CT molecular complexity index is 473. The van der Waals surface area contributed by atoms with Gasteiger partial charge in [-0.3, -0.25) is 5.10 Å². The fraction of sp³-hybridized carbons (Fsp3) is 0.308. The van der Waals surface area contributed by atoms with E-state index in [4.69, 9.17) is 0 Å². The first-order valence-electron chi connectivity index (χ1n) is 5.77. The molecule has 0 amide bonds. The predicted octanol–water partition coefficient (Wildman–Crippen LogP) is 1.76. The number of aromatic nitrogens is 2. The van der Waals surface area contributed by atoms with Crippen LogP contribution in [0.4, 0.5) is 0 Å². The van der Waals surface area contributed by atoms with Crippen LogP contribution < -0.4 is 5.32 Å². The molecule has 0 fully saturated rings. The standard InChI is InChI=1S/C13H15N3/c1-2-4-10(5-3-1)13-11-6-8-14-9-7-12(11)15-16-13/h1-5,14H,6-9H2,(H,15,16). The van der Waals surface area contributed by atoms with Gasteiger partial charge in [0, 0.05) is 29.8 Å². The minimum atomic E-state index is 1.05. The minimum Gasteiger partial charge on any atom is -0.316 e. The average molecular weight is 213 g/mol. The highest BCUT2D eigenvalue weighted by atomic mass is 15.1. The van der Waals surface area contributed by atoms with Gasteiger partial charge in [-0.15, -0.1) is 0 Å². The van der Waals surface area contributed by atoms with Gasteiger partial charge in [0.05, 0.1) is 5.69 Å². The predicted molar refractivity (Wildman–Crippen MR) is 64.3 cm³/mol. The van der Waals surface area contributed by atoms with Crippen LogP contribution in [0.15, 0.2) is 30.3 Å². The quantitative estimate of drug-likeness (QED) is 0.758. The summed E-state index contributed by atoms with van der Waals surface area (Å²) in [4.78, 5) is 0. The van der Waals surface area contributed by atoms with Crippen LogP contribution in [0.3, 0.4) is 0 Å². The number of H-pyrrole nitrogens is 1. The van der Waals surface area contributed by atoms with E-state index in [0.717, 1.165) is 31.6 Å². The van der Waals surface area contributed by atoms with Gasteiger partial charge in [-0.1, -0.05) is 30.3 Å². The lowest BCUT2D eigenvalue weighted by Crippen LogP contribution is -2.16. The smallest absolute Gasteiger partial charge is 0.0955 e. The van der Waals surface area contributed by atoms with Crippen LogP contribution in [0.25, 0.3) is 11.3 Å². The summed E-state index contributed by atoms with van der Waals surface area (Å²) in [6, 6.07) is 10.4. The number of rotatable bonds is 1. The molecule has 1 aromatic carbocycles. The summed E-state index contributed by atoms with van der Waals surface area (Å²) >= 11 is 0. The lowest BCUT2D eigenvalue weighted by molar-refractivity contribution is 0.703. The van der Waals surface area contributed by atoms with Crippen LogP contribution >= 0.6 is 0 Å². The third kappa shape index (κ3) is 1.63. The summed E-state index contributed by atoms with van der Waals surface area (Å²) in [5, 5.41) is 11.0. The molecule has 0 aliphatic carbocycles. The molecule has 0 radical (unpaired) electrons. The third-order valence-corrected chi connectivity index (χ3v) is 3.10. The topological polar surface area (TPSA) is 40.7 Å². The van der Waals surface area contributed by atoms with Gasteiger partial charge in [-0.25, -0.2) is 0 Å². The van der Waals surface area contributed by atoms with Gasteiger partial charge in [-0.05, 0) is 13.0 Å². The van der Waals surface area contributed by atoms with E-state index in [9.17, 15) is 0 Å². The van der Waals surface area contributed by atoms with Gasteiger partial charge in [0.25, 0.3) is 0 Å².